The summed E-state index contributed by atoms with van der Waals surface area (Å²) in [6.07, 6.45) is 3.35. The lowest BCUT2D eigenvalue weighted by Crippen LogP contribution is -2.39. The summed E-state index contributed by atoms with van der Waals surface area (Å²) in [5, 5.41) is 0.755. The van der Waals surface area contributed by atoms with Crippen LogP contribution in [0.3, 0.4) is 0 Å². The lowest BCUT2D eigenvalue weighted by molar-refractivity contribution is -0.129. The summed E-state index contributed by atoms with van der Waals surface area (Å²) < 4.78 is 0. The molecule has 1 heterocycles. The summed E-state index contributed by atoms with van der Waals surface area (Å²) in [5.74, 6) is 2.35. The standard InChI is InChI=1S/C21H24ClNOS/c22-20-8-4-7-19(14-20)15-25-16-21(24)23-11-9-18(10-12-23)13-17-5-2-1-3-6-17/h1-8,14,18H,9-13,15-16H2. The van der Waals surface area contributed by atoms with Gasteiger partial charge in [0.25, 0.3) is 0 Å². The SMILES string of the molecule is O=C(CSCc1cccc(Cl)c1)N1CCC(Cc2ccccc2)CC1. The molecule has 0 saturated carbocycles. The van der Waals surface area contributed by atoms with E-state index in [0.29, 0.717) is 11.7 Å². The van der Waals surface area contributed by atoms with Crippen molar-refractivity contribution >= 4 is 29.3 Å². The number of rotatable bonds is 6. The number of hydrogen-bond donors (Lipinski definition) is 0. The number of carbonyl (C=O) groups excluding carboxylic acids is 1. The van der Waals surface area contributed by atoms with Crippen LogP contribution in [0.5, 0.6) is 0 Å². The fourth-order valence-corrected chi connectivity index (χ4v) is 4.40. The van der Waals surface area contributed by atoms with Gasteiger partial charge in [-0.15, -0.1) is 11.8 Å². The van der Waals surface area contributed by atoms with E-state index in [2.05, 4.69) is 36.4 Å². The van der Waals surface area contributed by atoms with Gasteiger partial charge in [0.05, 0.1) is 5.75 Å². The largest absolute Gasteiger partial charge is 0.342 e. The second kappa shape index (κ2) is 9.30. The normalized spacial score (nSPS) is 15.3. The van der Waals surface area contributed by atoms with Crippen molar-refractivity contribution in [1.29, 1.82) is 0 Å². The zero-order valence-corrected chi connectivity index (χ0v) is 15.9. The van der Waals surface area contributed by atoms with Crippen molar-refractivity contribution in [2.45, 2.75) is 25.0 Å². The number of carbonyl (C=O) groups is 1. The number of hydrogen-bond acceptors (Lipinski definition) is 2. The molecule has 2 aromatic rings. The Morgan fingerprint density at radius 3 is 2.48 bits per heavy atom. The molecule has 0 bridgehead atoms. The van der Waals surface area contributed by atoms with Gasteiger partial charge in [-0.05, 0) is 48.4 Å². The Morgan fingerprint density at radius 2 is 1.76 bits per heavy atom. The minimum atomic E-state index is 0.269. The van der Waals surface area contributed by atoms with E-state index in [1.807, 2.05) is 23.1 Å². The third-order valence-electron chi connectivity index (χ3n) is 4.72. The molecule has 132 valence electrons. The lowest BCUT2D eigenvalue weighted by atomic mass is 9.90. The molecular weight excluding hydrogens is 350 g/mol. The monoisotopic (exact) mass is 373 g/mol. The van der Waals surface area contributed by atoms with Crippen LogP contribution in [0.4, 0.5) is 0 Å². The van der Waals surface area contributed by atoms with Gasteiger partial charge in [-0.2, -0.15) is 0 Å². The summed E-state index contributed by atoms with van der Waals surface area (Å²) in [6.45, 7) is 1.79. The molecular formula is C21H24ClNOS. The van der Waals surface area contributed by atoms with Crippen LogP contribution < -0.4 is 0 Å². The second-order valence-corrected chi connectivity index (χ2v) is 8.06. The fourth-order valence-electron chi connectivity index (χ4n) is 3.31. The predicted octanol–water partition coefficient (Wildman–Crippen LogP) is 5.05. The van der Waals surface area contributed by atoms with Crippen LogP contribution in [0.1, 0.15) is 24.0 Å². The van der Waals surface area contributed by atoms with Crippen LogP contribution in [0.25, 0.3) is 0 Å². The Hall–Kier alpha value is -1.45. The van der Waals surface area contributed by atoms with Crippen LogP contribution in [0, 0.1) is 5.92 Å². The van der Waals surface area contributed by atoms with E-state index in [1.54, 1.807) is 11.8 Å². The van der Waals surface area contributed by atoms with Crippen molar-refractivity contribution in [3.8, 4) is 0 Å². The Kier molecular flexibility index (Phi) is 6.83. The molecule has 0 aliphatic carbocycles. The van der Waals surface area contributed by atoms with E-state index in [4.69, 9.17) is 11.6 Å². The van der Waals surface area contributed by atoms with Crippen LogP contribution in [-0.4, -0.2) is 29.6 Å². The molecule has 1 saturated heterocycles. The van der Waals surface area contributed by atoms with Gasteiger partial charge in [0.1, 0.15) is 0 Å². The smallest absolute Gasteiger partial charge is 0.232 e. The number of nitrogens with zero attached hydrogens (tertiary/aromatic N) is 1. The molecule has 1 aliphatic rings. The van der Waals surface area contributed by atoms with Crippen LogP contribution in [0.15, 0.2) is 54.6 Å². The molecule has 0 atom stereocenters. The van der Waals surface area contributed by atoms with E-state index >= 15 is 0 Å². The highest BCUT2D eigenvalue weighted by Gasteiger charge is 2.22. The van der Waals surface area contributed by atoms with Crippen molar-refractivity contribution in [3.63, 3.8) is 0 Å². The van der Waals surface area contributed by atoms with Gasteiger partial charge < -0.3 is 4.90 Å². The highest BCUT2D eigenvalue weighted by atomic mass is 35.5. The van der Waals surface area contributed by atoms with Crippen LogP contribution in [-0.2, 0) is 17.0 Å². The van der Waals surface area contributed by atoms with E-state index in [0.717, 1.165) is 43.1 Å². The number of benzene rings is 2. The fraction of sp³-hybridized carbons (Fsp3) is 0.381. The molecule has 1 fully saturated rings. The van der Waals surface area contributed by atoms with Crippen molar-refractivity contribution in [1.82, 2.24) is 4.90 Å². The van der Waals surface area contributed by atoms with Gasteiger partial charge in [-0.3, -0.25) is 4.79 Å². The molecule has 4 heteroatoms. The zero-order chi connectivity index (χ0) is 17.5. The summed E-state index contributed by atoms with van der Waals surface area (Å²) in [7, 11) is 0. The molecule has 1 amide bonds. The number of likely N-dealkylation sites (tertiary alicyclic amines) is 1. The zero-order valence-electron chi connectivity index (χ0n) is 14.4. The maximum atomic E-state index is 12.4. The first-order valence-corrected chi connectivity index (χ1v) is 10.4. The lowest BCUT2D eigenvalue weighted by Gasteiger charge is -2.32. The molecule has 0 aromatic heterocycles. The van der Waals surface area contributed by atoms with Gasteiger partial charge in [-0.25, -0.2) is 0 Å². The highest BCUT2D eigenvalue weighted by Crippen LogP contribution is 2.23. The van der Waals surface area contributed by atoms with Crippen molar-refractivity contribution in [3.05, 3.63) is 70.7 Å². The maximum Gasteiger partial charge on any atom is 0.232 e. The Bertz CT molecular complexity index is 683. The van der Waals surface area contributed by atoms with Crippen molar-refractivity contribution in [2.75, 3.05) is 18.8 Å². The van der Waals surface area contributed by atoms with Gasteiger partial charge in [0.2, 0.25) is 5.91 Å². The molecule has 0 spiro atoms. The van der Waals surface area contributed by atoms with Crippen molar-refractivity contribution in [2.24, 2.45) is 5.92 Å². The van der Waals surface area contributed by atoms with Gasteiger partial charge in [0, 0.05) is 23.9 Å². The number of amides is 1. The molecule has 3 rings (SSSR count). The third-order valence-corrected chi connectivity index (χ3v) is 5.94. The Balaban J connectivity index is 1.38. The summed E-state index contributed by atoms with van der Waals surface area (Å²) in [6, 6.07) is 18.5. The molecule has 25 heavy (non-hydrogen) atoms. The molecule has 1 aliphatic heterocycles. The number of thioether (sulfide) groups is 1. The minimum Gasteiger partial charge on any atom is -0.342 e. The van der Waals surface area contributed by atoms with Gasteiger partial charge in [0.15, 0.2) is 0 Å². The van der Waals surface area contributed by atoms with Crippen LogP contribution >= 0.6 is 23.4 Å². The molecule has 0 radical (unpaired) electrons. The first-order valence-electron chi connectivity index (χ1n) is 8.84. The van der Waals surface area contributed by atoms with E-state index in [1.165, 1.54) is 11.1 Å². The molecule has 0 unspecified atom stereocenters. The van der Waals surface area contributed by atoms with E-state index < -0.39 is 0 Å². The summed E-state index contributed by atoms with van der Waals surface area (Å²) >= 11 is 7.67. The van der Waals surface area contributed by atoms with Gasteiger partial charge in [-0.1, -0.05) is 54.1 Å². The third kappa shape index (κ3) is 5.79. The average molecular weight is 374 g/mol. The highest BCUT2D eigenvalue weighted by molar-refractivity contribution is 7.99. The number of halogens is 1. The van der Waals surface area contributed by atoms with Crippen LogP contribution in [0.2, 0.25) is 5.02 Å². The Labute approximate surface area is 159 Å². The van der Waals surface area contributed by atoms with E-state index in [-0.39, 0.29) is 5.91 Å². The average Bonchev–Trinajstić information content (AvgIpc) is 2.63. The van der Waals surface area contributed by atoms with E-state index in [9.17, 15) is 4.79 Å². The molecule has 0 N–H and O–H groups in total. The topological polar surface area (TPSA) is 20.3 Å². The minimum absolute atomic E-state index is 0.269. The Morgan fingerprint density at radius 1 is 1.04 bits per heavy atom. The molecule has 2 aromatic carbocycles. The quantitative estimate of drug-likeness (QED) is 0.705. The predicted molar refractivity (Wildman–Crippen MR) is 107 cm³/mol. The number of piperidine rings is 1. The molecule has 2 nitrogen and oxygen atoms in total. The first-order chi connectivity index (χ1) is 12.2. The summed E-state index contributed by atoms with van der Waals surface area (Å²) in [5.41, 5.74) is 2.58. The first kappa shape index (κ1) is 18.3. The second-order valence-electron chi connectivity index (χ2n) is 6.64. The van der Waals surface area contributed by atoms with Gasteiger partial charge >= 0.3 is 0 Å². The van der Waals surface area contributed by atoms with Crippen molar-refractivity contribution < 1.29 is 4.79 Å². The maximum absolute atomic E-state index is 12.4. The summed E-state index contributed by atoms with van der Waals surface area (Å²) in [4.78, 5) is 14.4.